The molecule has 0 saturated carbocycles. The largest absolute Gasteiger partial charge is 0.310 e. The van der Waals surface area contributed by atoms with Crippen molar-refractivity contribution in [2.75, 3.05) is 9.80 Å². The highest BCUT2D eigenvalue weighted by atomic mass is 15.2. The fraction of sp³-hybridized carbons (Fsp3) is 0.192. The fourth-order valence-electron chi connectivity index (χ4n) is 9.94. The van der Waals surface area contributed by atoms with Crippen LogP contribution < -0.4 is 9.80 Å². The molecule has 0 amide bonds. The minimum Gasteiger partial charge on any atom is -0.310 e. The second kappa shape index (κ2) is 11.3. The fourth-order valence-corrected chi connectivity index (χ4v) is 9.94. The van der Waals surface area contributed by atoms with Gasteiger partial charge >= 0.3 is 0 Å². The standard InChI is InChI=1S/C52H46N2/c1-33-21-27-48-46(29-33)52(6,7)47-32-37(24-28-49(47)54(48)34-15-9-8-10-16-34)53(35-22-25-40-38-17-11-13-19-42(38)50(2,3)44(40)30-35)36-23-26-41-39-18-12-14-20-43(39)51(4,5)45(41)31-36/h8-32H,1-7H3. The van der Waals surface area contributed by atoms with Crippen LogP contribution in [0.3, 0.4) is 0 Å². The molecule has 0 aromatic heterocycles. The Labute approximate surface area is 320 Å². The van der Waals surface area contributed by atoms with Crippen molar-refractivity contribution in [3.63, 3.8) is 0 Å². The number of anilines is 6. The van der Waals surface area contributed by atoms with E-state index in [2.05, 4.69) is 210 Å². The summed E-state index contributed by atoms with van der Waals surface area (Å²) in [5.74, 6) is 0. The molecule has 1 aliphatic heterocycles. The second-order valence-corrected chi connectivity index (χ2v) is 17.2. The van der Waals surface area contributed by atoms with Gasteiger partial charge in [-0.05, 0) is 123 Å². The average molecular weight is 699 g/mol. The van der Waals surface area contributed by atoms with Gasteiger partial charge in [-0.3, -0.25) is 0 Å². The van der Waals surface area contributed by atoms with Crippen LogP contribution in [0.15, 0.2) is 152 Å². The summed E-state index contributed by atoms with van der Waals surface area (Å²) in [6.45, 7) is 16.5. The molecule has 10 rings (SSSR count). The molecule has 264 valence electrons. The van der Waals surface area contributed by atoms with E-state index in [1.165, 1.54) is 89.6 Å². The van der Waals surface area contributed by atoms with Crippen LogP contribution in [0.25, 0.3) is 22.3 Å². The summed E-state index contributed by atoms with van der Waals surface area (Å²) in [4.78, 5) is 4.96. The number of nitrogens with zero attached hydrogens (tertiary/aromatic N) is 2. The van der Waals surface area contributed by atoms with E-state index in [1.54, 1.807) is 0 Å². The lowest BCUT2D eigenvalue weighted by atomic mass is 9.73. The topological polar surface area (TPSA) is 6.48 Å². The monoisotopic (exact) mass is 698 g/mol. The van der Waals surface area contributed by atoms with E-state index in [0.717, 1.165) is 5.69 Å². The highest BCUT2D eigenvalue weighted by molar-refractivity contribution is 5.91. The van der Waals surface area contributed by atoms with E-state index in [4.69, 9.17) is 0 Å². The van der Waals surface area contributed by atoms with Crippen LogP contribution in [0.1, 0.15) is 80.5 Å². The van der Waals surface area contributed by atoms with Crippen molar-refractivity contribution in [3.05, 3.63) is 191 Å². The van der Waals surface area contributed by atoms with Gasteiger partial charge in [0.2, 0.25) is 0 Å². The predicted molar refractivity (Wildman–Crippen MR) is 228 cm³/mol. The molecule has 2 heteroatoms. The van der Waals surface area contributed by atoms with Crippen LogP contribution in [-0.4, -0.2) is 0 Å². The van der Waals surface area contributed by atoms with E-state index >= 15 is 0 Å². The van der Waals surface area contributed by atoms with Crippen LogP contribution in [0, 0.1) is 6.92 Å². The quantitative estimate of drug-likeness (QED) is 0.181. The Hall–Kier alpha value is -5.86. The van der Waals surface area contributed by atoms with Crippen LogP contribution >= 0.6 is 0 Å². The highest BCUT2D eigenvalue weighted by Gasteiger charge is 2.40. The Morgan fingerprint density at radius 1 is 0.370 bits per heavy atom. The molecule has 0 atom stereocenters. The maximum atomic E-state index is 2.51. The molecule has 0 spiro atoms. The third kappa shape index (κ3) is 4.53. The predicted octanol–water partition coefficient (Wildman–Crippen LogP) is 14.2. The number of rotatable bonds is 4. The van der Waals surface area contributed by atoms with E-state index in [0.29, 0.717) is 0 Å². The van der Waals surface area contributed by atoms with Gasteiger partial charge in [0.05, 0.1) is 11.4 Å². The van der Waals surface area contributed by atoms with Gasteiger partial charge in [-0.2, -0.15) is 0 Å². The first-order chi connectivity index (χ1) is 26.0. The lowest BCUT2D eigenvalue weighted by molar-refractivity contribution is 0.631. The molecule has 0 N–H and O–H groups in total. The van der Waals surface area contributed by atoms with Gasteiger partial charge in [-0.15, -0.1) is 0 Å². The summed E-state index contributed by atoms with van der Waals surface area (Å²) in [7, 11) is 0. The molecule has 54 heavy (non-hydrogen) atoms. The van der Waals surface area contributed by atoms with Gasteiger partial charge in [0.1, 0.15) is 0 Å². The van der Waals surface area contributed by atoms with Crippen LogP contribution in [0.2, 0.25) is 0 Å². The molecule has 0 radical (unpaired) electrons. The molecule has 3 aliphatic rings. The third-order valence-corrected chi connectivity index (χ3v) is 12.9. The first kappa shape index (κ1) is 32.8. The number of hydrogen-bond donors (Lipinski definition) is 0. The lowest BCUT2D eigenvalue weighted by Gasteiger charge is -2.43. The summed E-state index contributed by atoms with van der Waals surface area (Å²) in [6.07, 6.45) is 0. The van der Waals surface area contributed by atoms with Crippen molar-refractivity contribution in [2.24, 2.45) is 0 Å². The molecule has 0 saturated heterocycles. The summed E-state index contributed by atoms with van der Waals surface area (Å²) < 4.78 is 0. The van der Waals surface area contributed by atoms with E-state index in [1.807, 2.05) is 0 Å². The first-order valence-corrected chi connectivity index (χ1v) is 19.4. The van der Waals surface area contributed by atoms with Crippen molar-refractivity contribution in [1.82, 2.24) is 0 Å². The minimum atomic E-state index is -0.229. The summed E-state index contributed by atoms with van der Waals surface area (Å²) in [6, 6.07) is 57.1. The number of aryl methyl sites for hydroxylation is 1. The molecule has 2 nitrogen and oxygen atoms in total. The zero-order valence-electron chi connectivity index (χ0n) is 32.3. The SMILES string of the molecule is Cc1ccc2c(c1)C(C)(C)c1cc(N(c3ccc4c(c3)C(C)(C)c3ccccc3-4)c3ccc4c(c3)C(C)(C)c3ccccc3-4)ccc1N2c1ccccc1. The smallest absolute Gasteiger partial charge is 0.0504 e. The lowest BCUT2D eigenvalue weighted by Crippen LogP contribution is -2.31. The van der Waals surface area contributed by atoms with Crippen molar-refractivity contribution in [1.29, 1.82) is 0 Å². The normalized spacial score (nSPS) is 16.1. The van der Waals surface area contributed by atoms with Crippen molar-refractivity contribution < 1.29 is 0 Å². The second-order valence-electron chi connectivity index (χ2n) is 17.2. The molecule has 0 fully saturated rings. The Morgan fingerprint density at radius 2 is 0.778 bits per heavy atom. The van der Waals surface area contributed by atoms with Crippen LogP contribution in [-0.2, 0) is 16.2 Å². The third-order valence-electron chi connectivity index (χ3n) is 12.9. The first-order valence-electron chi connectivity index (χ1n) is 19.4. The Balaban J connectivity index is 1.20. The Morgan fingerprint density at radius 3 is 1.33 bits per heavy atom. The number of hydrogen-bond acceptors (Lipinski definition) is 2. The molecule has 7 aromatic carbocycles. The van der Waals surface area contributed by atoms with Gasteiger partial charge in [-0.1, -0.05) is 138 Å². The van der Waals surface area contributed by atoms with Gasteiger partial charge in [0.25, 0.3) is 0 Å². The molecule has 0 unspecified atom stereocenters. The van der Waals surface area contributed by atoms with Crippen LogP contribution in [0.5, 0.6) is 0 Å². The number of benzene rings is 7. The molecule has 2 aliphatic carbocycles. The molecular formula is C52H46N2. The maximum absolute atomic E-state index is 2.51. The van der Waals surface area contributed by atoms with Gasteiger partial charge in [0, 0.05) is 39.0 Å². The van der Waals surface area contributed by atoms with E-state index < -0.39 is 0 Å². The van der Waals surface area contributed by atoms with Crippen LogP contribution in [0.4, 0.5) is 34.1 Å². The van der Waals surface area contributed by atoms with Crippen molar-refractivity contribution in [3.8, 4) is 22.3 Å². The zero-order valence-corrected chi connectivity index (χ0v) is 32.3. The maximum Gasteiger partial charge on any atom is 0.0504 e. The highest BCUT2D eigenvalue weighted by Crippen LogP contribution is 2.56. The molecule has 0 bridgehead atoms. The van der Waals surface area contributed by atoms with Gasteiger partial charge < -0.3 is 9.80 Å². The minimum absolute atomic E-state index is 0.106. The van der Waals surface area contributed by atoms with E-state index in [9.17, 15) is 0 Å². The molecule has 7 aromatic rings. The number of para-hydroxylation sites is 1. The average Bonchev–Trinajstić information content (AvgIpc) is 3.55. The summed E-state index contributed by atoms with van der Waals surface area (Å²) >= 11 is 0. The zero-order chi connectivity index (χ0) is 37.1. The summed E-state index contributed by atoms with van der Waals surface area (Å²) in [5.41, 5.74) is 21.5. The van der Waals surface area contributed by atoms with Crippen molar-refractivity contribution in [2.45, 2.75) is 64.7 Å². The Kier molecular flexibility index (Phi) is 6.87. The van der Waals surface area contributed by atoms with Crippen molar-refractivity contribution >= 4 is 34.1 Å². The van der Waals surface area contributed by atoms with Gasteiger partial charge in [0.15, 0.2) is 0 Å². The molecule has 1 heterocycles. The Bertz CT molecular complexity index is 2550. The van der Waals surface area contributed by atoms with E-state index in [-0.39, 0.29) is 16.2 Å². The summed E-state index contributed by atoms with van der Waals surface area (Å²) in [5, 5.41) is 0. The molecular weight excluding hydrogens is 653 g/mol. The van der Waals surface area contributed by atoms with Gasteiger partial charge in [-0.25, -0.2) is 0 Å². The number of fused-ring (bicyclic) bond motifs is 8.